The molecule has 3 aliphatic heterocycles. The number of aromatic nitrogens is 2. The van der Waals surface area contributed by atoms with E-state index in [0.29, 0.717) is 41.0 Å². The van der Waals surface area contributed by atoms with Crippen molar-refractivity contribution < 1.29 is 13.5 Å². The summed E-state index contributed by atoms with van der Waals surface area (Å²) < 4.78 is 36.7. The van der Waals surface area contributed by atoms with E-state index in [1.54, 1.807) is 25.1 Å². The van der Waals surface area contributed by atoms with Gasteiger partial charge in [0, 0.05) is 42.2 Å². The predicted octanol–water partition coefficient (Wildman–Crippen LogP) is 4.95. The van der Waals surface area contributed by atoms with Crippen molar-refractivity contribution in [2.75, 3.05) is 38.2 Å². The molecule has 0 amide bonds. The molecule has 1 N–H and O–H groups in total. The quantitative estimate of drug-likeness (QED) is 0.521. The van der Waals surface area contributed by atoms with Gasteiger partial charge in [0.05, 0.1) is 5.02 Å². The molecule has 0 saturated carbocycles. The van der Waals surface area contributed by atoms with Gasteiger partial charge >= 0.3 is 6.01 Å². The summed E-state index contributed by atoms with van der Waals surface area (Å²) in [7, 11) is 2.08. The maximum Gasteiger partial charge on any atom is 0.319 e. The fourth-order valence-corrected chi connectivity index (χ4v) is 6.22. The highest BCUT2D eigenvalue weighted by atomic mass is 35.5. The minimum absolute atomic E-state index is 0.142. The average Bonchev–Trinajstić information content (AvgIpc) is 3.43. The summed E-state index contributed by atoms with van der Waals surface area (Å²) in [5.74, 6) is -0.361. The summed E-state index contributed by atoms with van der Waals surface area (Å²) in [5.41, 5.74) is 1.04. The largest absolute Gasteiger partial charge is 0.462 e. The smallest absolute Gasteiger partial charge is 0.319 e. The Kier molecular flexibility index (Phi) is 6.22. The van der Waals surface area contributed by atoms with Crippen molar-refractivity contribution in [3.8, 4) is 17.1 Å². The van der Waals surface area contributed by atoms with Gasteiger partial charge in [-0.3, -0.25) is 0 Å². The van der Waals surface area contributed by atoms with Crippen LogP contribution in [0.1, 0.15) is 31.2 Å². The molecule has 2 unspecified atom stereocenters. The van der Waals surface area contributed by atoms with Crippen LogP contribution in [-0.2, 0) is 0 Å². The SMILES string of the molecule is Cc1c(F)cccc1-c1c(Cl)cc2c(N3CC4CCC(C3)N4)nc(OC[C@@H]3CCCN3C)nc2c1F. The number of likely N-dealkylation sites (N-methyl/N-ethyl adjacent to an activating group) is 1. The van der Waals surface area contributed by atoms with Gasteiger partial charge in [0.2, 0.25) is 0 Å². The Hall–Kier alpha value is -2.55. The zero-order valence-corrected chi connectivity index (χ0v) is 21.3. The lowest BCUT2D eigenvalue weighted by atomic mass is 9.98. The standard InChI is InChI=1S/C27H30ClF2N5O/c1-15-19(6-3-7-22(15)29)23-21(28)11-20-25(24(23)30)32-27(36-14-18-5-4-10-34(18)2)33-26(20)35-12-16-8-9-17(13-35)31-16/h3,6-7,11,16-18,31H,4-5,8-10,12-14H2,1-2H3/t16?,17?,18-/m0/s1. The van der Waals surface area contributed by atoms with Gasteiger partial charge in [-0.2, -0.15) is 9.97 Å². The number of fused-ring (bicyclic) bond motifs is 3. The third-order valence-electron chi connectivity index (χ3n) is 7.97. The van der Waals surface area contributed by atoms with Crippen molar-refractivity contribution in [3.05, 3.63) is 46.5 Å². The van der Waals surface area contributed by atoms with Crippen LogP contribution in [0.2, 0.25) is 5.02 Å². The number of anilines is 1. The highest BCUT2D eigenvalue weighted by Crippen LogP contribution is 2.40. The van der Waals surface area contributed by atoms with Crippen molar-refractivity contribution in [2.45, 2.75) is 50.7 Å². The zero-order chi connectivity index (χ0) is 25.0. The normalized spacial score (nSPS) is 24.1. The van der Waals surface area contributed by atoms with Crippen LogP contribution in [0.3, 0.4) is 0 Å². The second-order valence-electron chi connectivity index (χ2n) is 10.3. The third kappa shape index (κ3) is 4.19. The first-order chi connectivity index (χ1) is 17.4. The fraction of sp³-hybridized carbons (Fsp3) is 0.481. The van der Waals surface area contributed by atoms with E-state index in [1.165, 1.54) is 6.07 Å². The van der Waals surface area contributed by atoms with Crippen LogP contribution in [-0.4, -0.2) is 66.3 Å². The van der Waals surface area contributed by atoms with Crippen molar-refractivity contribution in [2.24, 2.45) is 0 Å². The number of nitrogens with one attached hydrogen (secondary N) is 1. The minimum Gasteiger partial charge on any atom is -0.462 e. The topological polar surface area (TPSA) is 53.5 Å². The Morgan fingerprint density at radius 2 is 1.92 bits per heavy atom. The molecule has 4 heterocycles. The van der Waals surface area contributed by atoms with Crippen LogP contribution in [0.4, 0.5) is 14.6 Å². The lowest BCUT2D eigenvalue weighted by Gasteiger charge is -2.34. The summed E-state index contributed by atoms with van der Waals surface area (Å²) in [6, 6.07) is 7.50. The van der Waals surface area contributed by atoms with E-state index < -0.39 is 11.6 Å². The van der Waals surface area contributed by atoms with Gasteiger partial charge in [0.1, 0.15) is 23.8 Å². The number of hydrogen-bond acceptors (Lipinski definition) is 6. The maximum absolute atomic E-state index is 16.2. The molecule has 6 rings (SSSR count). The zero-order valence-electron chi connectivity index (χ0n) is 20.5. The number of nitrogens with zero attached hydrogens (tertiary/aromatic N) is 4. The Morgan fingerprint density at radius 3 is 2.64 bits per heavy atom. The van der Waals surface area contributed by atoms with Crippen LogP contribution in [0.5, 0.6) is 6.01 Å². The molecule has 6 nitrogen and oxygen atoms in total. The van der Waals surface area contributed by atoms with Crippen molar-refractivity contribution in [3.63, 3.8) is 0 Å². The number of halogens is 3. The number of hydrogen-bond donors (Lipinski definition) is 1. The molecule has 3 aromatic rings. The molecule has 2 aromatic carbocycles. The monoisotopic (exact) mass is 513 g/mol. The lowest BCUT2D eigenvalue weighted by Crippen LogP contribution is -2.51. The van der Waals surface area contributed by atoms with Crippen LogP contribution >= 0.6 is 11.6 Å². The molecular formula is C27H30ClF2N5O. The molecule has 190 valence electrons. The molecule has 36 heavy (non-hydrogen) atoms. The fourth-order valence-electron chi connectivity index (χ4n) is 5.92. The second-order valence-corrected chi connectivity index (χ2v) is 10.7. The minimum atomic E-state index is -0.587. The van der Waals surface area contributed by atoms with E-state index in [2.05, 4.69) is 27.1 Å². The number of ether oxygens (including phenoxy) is 1. The Balaban J connectivity index is 1.48. The van der Waals surface area contributed by atoms with E-state index in [4.69, 9.17) is 21.3 Å². The summed E-state index contributed by atoms with van der Waals surface area (Å²) in [5, 5.41) is 4.38. The maximum atomic E-state index is 16.2. The van der Waals surface area contributed by atoms with Crippen LogP contribution in [0, 0.1) is 18.6 Å². The van der Waals surface area contributed by atoms with Crippen molar-refractivity contribution >= 4 is 28.3 Å². The molecule has 3 fully saturated rings. The number of rotatable bonds is 5. The van der Waals surface area contributed by atoms with Crippen LogP contribution in [0.25, 0.3) is 22.0 Å². The summed E-state index contributed by atoms with van der Waals surface area (Å²) >= 11 is 6.67. The van der Waals surface area contributed by atoms with Crippen molar-refractivity contribution in [1.29, 1.82) is 0 Å². The van der Waals surface area contributed by atoms with Gasteiger partial charge in [-0.25, -0.2) is 8.78 Å². The first-order valence-electron chi connectivity index (χ1n) is 12.7. The molecule has 0 aliphatic carbocycles. The van der Waals surface area contributed by atoms with E-state index in [0.717, 1.165) is 45.3 Å². The number of piperazine rings is 1. The molecule has 3 atom stereocenters. The number of benzene rings is 2. The third-order valence-corrected chi connectivity index (χ3v) is 8.27. The average molecular weight is 514 g/mol. The molecule has 0 spiro atoms. The molecule has 3 aliphatic rings. The molecule has 9 heteroatoms. The van der Waals surface area contributed by atoms with Gasteiger partial charge in [-0.1, -0.05) is 23.7 Å². The lowest BCUT2D eigenvalue weighted by molar-refractivity contribution is 0.188. The second kappa shape index (κ2) is 9.39. The summed E-state index contributed by atoms with van der Waals surface area (Å²) in [6.07, 6.45) is 4.39. The Bertz CT molecular complexity index is 1310. The predicted molar refractivity (Wildman–Crippen MR) is 138 cm³/mol. The van der Waals surface area contributed by atoms with E-state index in [9.17, 15) is 4.39 Å². The van der Waals surface area contributed by atoms with Crippen molar-refractivity contribution in [1.82, 2.24) is 20.2 Å². The van der Waals surface area contributed by atoms with E-state index >= 15 is 4.39 Å². The molecule has 2 bridgehead atoms. The first kappa shape index (κ1) is 23.8. The highest BCUT2D eigenvalue weighted by molar-refractivity contribution is 6.34. The first-order valence-corrected chi connectivity index (χ1v) is 13.1. The number of likely N-dealkylation sites (tertiary alicyclic amines) is 1. The van der Waals surface area contributed by atoms with Crippen LogP contribution < -0.4 is 15.0 Å². The van der Waals surface area contributed by atoms with Crippen LogP contribution in [0.15, 0.2) is 24.3 Å². The summed E-state index contributed by atoms with van der Waals surface area (Å²) in [6.45, 7) is 4.65. The van der Waals surface area contributed by atoms with Gasteiger partial charge in [0.15, 0.2) is 5.82 Å². The molecule has 1 aromatic heterocycles. The molecule has 0 radical (unpaired) electrons. The Labute approximate surface area is 214 Å². The molecule has 3 saturated heterocycles. The summed E-state index contributed by atoms with van der Waals surface area (Å²) in [4.78, 5) is 13.8. The van der Waals surface area contributed by atoms with Gasteiger partial charge in [-0.15, -0.1) is 0 Å². The van der Waals surface area contributed by atoms with Gasteiger partial charge in [-0.05, 0) is 69.5 Å². The van der Waals surface area contributed by atoms with Gasteiger partial charge in [0.25, 0.3) is 0 Å². The van der Waals surface area contributed by atoms with E-state index in [1.807, 2.05) is 0 Å². The highest BCUT2D eigenvalue weighted by Gasteiger charge is 2.34. The molecular weight excluding hydrogens is 484 g/mol. The van der Waals surface area contributed by atoms with Gasteiger partial charge < -0.3 is 19.9 Å². The van der Waals surface area contributed by atoms with E-state index in [-0.39, 0.29) is 28.2 Å². The Morgan fingerprint density at radius 1 is 1.14 bits per heavy atom.